The number of nitrogens with zero attached hydrogens (tertiary/aromatic N) is 2. The van der Waals surface area contributed by atoms with Gasteiger partial charge in [-0.25, -0.2) is 0 Å². The summed E-state index contributed by atoms with van der Waals surface area (Å²) in [5.74, 6) is -2.78. The van der Waals surface area contributed by atoms with Gasteiger partial charge in [-0.1, -0.05) is 6.08 Å². The smallest absolute Gasteiger partial charge is 0.308 e. The standard InChI is InChI=1S/C22H34N2O5S/c1-6-11-24(20(2,3)4)18(27)16-22-10-9-21(5,30-22)15(19(28)29)14(22)17(26)23(16)12-7-8-13-25/h6,14-16,25H,1,7-13H2,2-5H3,(H,28,29)/t14-,15+,16?,21-,22?/m0/s1. The minimum absolute atomic E-state index is 0.0182. The number of hydrogen-bond donors (Lipinski definition) is 2. The van der Waals surface area contributed by atoms with Gasteiger partial charge in [0.05, 0.1) is 16.6 Å². The highest BCUT2D eigenvalue weighted by Gasteiger charge is 2.77. The summed E-state index contributed by atoms with van der Waals surface area (Å²) in [6, 6.07) is -0.691. The Morgan fingerprint density at radius 3 is 2.53 bits per heavy atom. The number of aliphatic hydroxyl groups is 1. The second-order valence-electron chi connectivity index (χ2n) is 9.94. The Morgan fingerprint density at radius 1 is 1.33 bits per heavy atom. The molecule has 0 aromatic carbocycles. The van der Waals surface area contributed by atoms with E-state index in [1.807, 2.05) is 27.7 Å². The molecule has 2 amide bonds. The van der Waals surface area contributed by atoms with Crippen LogP contribution in [-0.2, 0) is 14.4 Å². The molecule has 3 aliphatic rings. The fraction of sp³-hybridized carbons (Fsp3) is 0.773. The molecule has 2 unspecified atom stereocenters. The van der Waals surface area contributed by atoms with Crippen LogP contribution in [0.5, 0.6) is 0 Å². The largest absolute Gasteiger partial charge is 0.481 e. The molecule has 2 bridgehead atoms. The molecule has 2 N–H and O–H groups in total. The van der Waals surface area contributed by atoms with Crippen molar-refractivity contribution in [3.8, 4) is 0 Å². The van der Waals surface area contributed by atoms with Gasteiger partial charge in [0.25, 0.3) is 0 Å². The van der Waals surface area contributed by atoms with Crippen LogP contribution >= 0.6 is 11.8 Å². The van der Waals surface area contributed by atoms with Crippen molar-refractivity contribution < 1.29 is 24.6 Å². The van der Waals surface area contributed by atoms with Crippen LogP contribution in [0.15, 0.2) is 12.7 Å². The first kappa shape index (κ1) is 23.1. The van der Waals surface area contributed by atoms with Gasteiger partial charge in [-0.3, -0.25) is 14.4 Å². The van der Waals surface area contributed by atoms with E-state index in [0.29, 0.717) is 38.8 Å². The number of amides is 2. The third-order valence-electron chi connectivity index (χ3n) is 6.97. The molecule has 0 aliphatic carbocycles. The van der Waals surface area contributed by atoms with Crippen molar-refractivity contribution in [1.82, 2.24) is 9.80 Å². The summed E-state index contributed by atoms with van der Waals surface area (Å²) in [5, 5.41) is 19.2. The average molecular weight is 439 g/mol. The van der Waals surface area contributed by atoms with E-state index in [2.05, 4.69) is 6.58 Å². The number of carboxylic acids is 1. The molecule has 8 heteroatoms. The van der Waals surface area contributed by atoms with Crippen molar-refractivity contribution in [3.05, 3.63) is 12.7 Å². The molecule has 3 saturated heterocycles. The summed E-state index contributed by atoms with van der Waals surface area (Å²) < 4.78 is -1.25. The van der Waals surface area contributed by atoms with Crippen molar-refractivity contribution >= 4 is 29.5 Å². The number of carbonyl (C=O) groups is 3. The maximum atomic E-state index is 14.0. The van der Waals surface area contributed by atoms with E-state index in [1.165, 1.54) is 0 Å². The lowest BCUT2D eigenvalue weighted by Gasteiger charge is -2.42. The lowest BCUT2D eigenvalue weighted by Crippen LogP contribution is -2.58. The molecule has 0 radical (unpaired) electrons. The van der Waals surface area contributed by atoms with Gasteiger partial charge >= 0.3 is 5.97 Å². The minimum atomic E-state index is -0.952. The average Bonchev–Trinajstić information content (AvgIpc) is 3.20. The predicted molar refractivity (Wildman–Crippen MR) is 116 cm³/mol. The van der Waals surface area contributed by atoms with Crippen molar-refractivity contribution in [2.24, 2.45) is 11.8 Å². The molecule has 0 aromatic rings. The maximum Gasteiger partial charge on any atom is 0.308 e. The molecule has 0 saturated carbocycles. The normalized spacial score (nSPS) is 34.9. The highest BCUT2D eigenvalue weighted by molar-refractivity contribution is 8.02. The molecule has 5 atom stereocenters. The Kier molecular flexibility index (Phi) is 6.06. The number of aliphatic hydroxyl groups excluding tert-OH is 1. The zero-order valence-electron chi connectivity index (χ0n) is 18.4. The molecule has 0 aromatic heterocycles. The van der Waals surface area contributed by atoms with E-state index in [-0.39, 0.29) is 18.4 Å². The summed E-state index contributed by atoms with van der Waals surface area (Å²) >= 11 is 1.55. The van der Waals surface area contributed by atoms with Crippen molar-refractivity contribution in [2.45, 2.75) is 74.5 Å². The van der Waals surface area contributed by atoms with Crippen LogP contribution in [0, 0.1) is 11.8 Å². The Labute approximate surface area is 182 Å². The van der Waals surface area contributed by atoms with Gasteiger partial charge in [-0.15, -0.1) is 18.3 Å². The lowest BCUT2D eigenvalue weighted by atomic mass is 9.66. The van der Waals surface area contributed by atoms with Crippen molar-refractivity contribution in [3.63, 3.8) is 0 Å². The predicted octanol–water partition coefficient (Wildman–Crippen LogP) is 2.14. The number of thioether (sulfide) groups is 1. The molecule has 30 heavy (non-hydrogen) atoms. The fourth-order valence-electron chi connectivity index (χ4n) is 5.69. The first-order valence-electron chi connectivity index (χ1n) is 10.7. The first-order valence-corrected chi connectivity index (χ1v) is 11.5. The van der Waals surface area contributed by atoms with Crippen LogP contribution in [0.25, 0.3) is 0 Å². The molecule has 3 heterocycles. The Hall–Kier alpha value is -1.54. The molecular formula is C22H34N2O5S. The number of fused-ring (bicyclic) bond motifs is 1. The van der Waals surface area contributed by atoms with Gasteiger partial charge < -0.3 is 20.0 Å². The zero-order chi connectivity index (χ0) is 22.5. The SMILES string of the molecule is C=CCN(C(=O)C1N(CCCCO)C(=O)[C@@H]2[C@H](C(=O)O)[C@]3(C)CCC12S3)C(C)(C)C. The number of hydrogen-bond acceptors (Lipinski definition) is 5. The summed E-state index contributed by atoms with van der Waals surface area (Å²) in [5.41, 5.74) is -0.461. The summed E-state index contributed by atoms with van der Waals surface area (Å²) in [6.07, 6.45) is 4.14. The third-order valence-corrected chi connectivity index (χ3v) is 8.96. The van der Waals surface area contributed by atoms with Gasteiger partial charge in [0.1, 0.15) is 6.04 Å². The second-order valence-corrected chi connectivity index (χ2v) is 11.8. The van der Waals surface area contributed by atoms with Gasteiger partial charge in [0.15, 0.2) is 0 Å². The van der Waals surface area contributed by atoms with Crippen LogP contribution in [0.1, 0.15) is 53.4 Å². The highest BCUT2D eigenvalue weighted by Crippen LogP contribution is 2.71. The van der Waals surface area contributed by atoms with E-state index in [9.17, 15) is 24.6 Å². The Morgan fingerprint density at radius 2 is 2.00 bits per heavy atom. The molecule has 3 aliphatic heterocycles. The van der Waals surface area contributed by atoms with Crippen LogP contribution in [-0.4, -0.2) is 78.6 Å². The quantitative estimate of drug-likeness (QED) is 0.445. The highest BCUT2D eigenvalue weighted by atomic mass is 32.2. The molecule has 1 spiro atoms. The molecule has 3 fully saturated rings. The summed E-state index contributed by atoms with van der Waals surface area (Å²) in [6.45, 7) is 12.3. The fourth-order valence-corrected chi connectivity index (χ4v) is 8.03. The van der Waals surface area contributed by atoms with E-state index in [1.54, 1.807) is 27.6 Å². The van der Waals surface area contributed by atoms with Crippen LogP contribution in [0.3, 0.4) is 0 Å². The molecular weight excluding hydrogens is 404 g/mol. The first-order chi connectivity index (χ1) is 13.9. The van der Waals surface area contributed by atoms with E-state index >= 15 is 0 Å². The van der Waals surface area contributed by atoms with Gasteiger partial charge in [-0.2, -0.15) is 0 Å². The third kappa shape index (κ3) is 3.36. The number of likely N-dealkylation sites (tertiary alicyclic amines) is 1. The summed E-state index contributed by atoms with van der Waals surface area (Å²) in [7, 11) is 0. The number of rotatable bonds is 8. The van der Waals surface area contributed by atoms with Gasteiger partial charge in [0, 0.05) is 30.0 Å². The van der Waals surface area contributed by atoms with Gasteiger partial charge in [0.2, 0.25) is 11.8 Å². The number of carbonyl (C=O) groups excluding carboxylic acids is 2. The van der Waals surface area contributed by atoms with Gasteiger partial charge in [-0.05, 0) is 53.4 Å². The Balaban J connectivity index is 2.07. The molecule has 7 nitrogen and oxygen atoms in total. The number of carboxylic acid groups (broad SMARTS) is 1. The number of aliphatic carboxylic acids is 1. The second kappa shape index (κ2) is 7.86. The zero-order valence-corrected chi connectivity index (χ0v) is 19.2. The summed E-state index contributed by atoms with van der Waals surface area (Å²) in [4.78, 5) is 43.1. The van der Waals surface area contributed by atoms with Crippen molar-refractivity contribution in [2.75, 3.05) is 19.7 Å². The molecule has 3 rings (SSSR count). The van der Waals surface area contributed by atoms with E-state index in [4.69, 9.17) is 0 Å². The van der Waals surface area contributed by atoms with Crippen LogP contribution < -0.4 is 0 Å². The van der Waals surface area contributed by atoms with E-state index in [0.717, 1.165) is 0 Å². The van der Waals surface area contributed by atoms with Crippen LogP contribution in [0.2, 0.25) is 0 Å². The number of unbranched alkanes of at least 4 members (excludes halogenated alkanes) is 1. The molecule has 168 valence electrons. The topological polar surface area (TPSA) is 98.2 Å². The van der Waals surface area contributed by atoms with Crippen molar-refractivity contribution in [1.29, 1.82) is 0 Å². The van der Waals surface area contributed by atoms with Crippen LogP contribution in [0.4, 0.5) is 0 Å². The minimum Gasteiger partial charge on any atom is -0.481 e. The lowest BCUT2D eigenvalue weighted by molar-refractivity contribution is -0.150. The monoisotopic (exact) mass is 438 g/mol. The Bertz CT molecular complexity index is 750. The van der Waals surface area contributed by atoms with E-state index < -0.39 is 38.9 Å². The maximum absolute atomic E-state index is 14.0.